The maximum absolute atomic E-state index is 12.5. The number of anilines is 1. The molecule has 0 heterocycles. The zero-order valence-electron chi connectivity index (χ0n) is 11.5. The van der Waals surface area contributed by atoms with Gasteiger partial charge in [-0.2, -0.15) is 0 Å². The summed E-state index contributed by atoms with van der Waals surface area (Å²) in [5, 5.41) is 2.96. The second-order valence-electron chi connectivity index (χ2n) is 5.27. The van der Waals surface area contributed by atoms with Gasteiger partial charge in [0, 0.05) is 11.5 Å². The molecule has 0 saturated heterocycles. The average Bonchev–Trinajstić information content (AvgIpc) is 2.91. The van der Waals surface area contributed by atoms with Crippen LogP contribution in [0.25, 0.3) is 0 Å². The van der Waals surface area contributed by atoms with Crippen molar-refractivity contribution in [2.45, 2.75) is 12.8 Å². The molecule has 0 aliphatic heterocycles. The van der Waals surface area contributed by atoms with Gasteiger partial charge in [-0.1, -0.05) is 48.6 Å². The van der Waals surface area contributed by atoms with Crippen LogP contribution in [-0.4, -0.2) is 10.9 Å². The fourth-order valence-corrected chi connectivity index (χ4v) is 2.96. The number of hydrogen-bond acceptors (Lipinski definition) is 2. The van der Waals surface area contributed by atoms with Crippen molar-refractivity contribution >= 4 is 28.8 Å². The van der Waals surface area contributed by atoms with E-state index in [4.69, 9.17) is 18.0 Å². The van der Waals surface area contributed by atoms with Crippen LogP contribution in [0.2, 0.25) is 0 Å². The van der Waals surface area contributed by atoms with Gasteiger partial charge in [0.2, 0.25) is 5.91 Å². The molecule has 0 bridgehead atoms. The van der Waals surface area contributed by atoms with Gasteiger partial charge >= 0.3 is 0 Å². The third-order valence-corrected chi connectivity index (χ3v) is 4.09. The van der Waals surface area contributed by atoms with E-state index in [2.05, 4.69) is 17.4 Å². The minimum Gasteiger partial charge on any atom is -0.389 e. The molecule has 0 radical (unpaired) electrons. The van der Waals surface area contributed by atoms with Crippen LogP contribution < -0.4 is 11.1 Å². The van der Waals surface area contributed by atoms with E-state index >= 15 is 0 Å². The van der Waals surface area contributed by atoms with Gasteiger partial charge in [-0.25, -0.2) is 0 Å². The van der Waals surface area contributed by atoms with Crippen molar-refractivity contribution in [3.8, 4) is 0 Å². The minimum atomic E-state index is -0.0261. The van der Waals surface area contributed by atoms with Crippen LogP contribution in [0.1, 0.15) is 16.7 Å². The fraction of sp³-hybridized carbons (Fsp3) is 0.176. The largest absolute Gasteiger partial charge is 0.389 e. The SMILES string of the molecule is NC(=S)c1ccccc1NC(=O)C1Cc2ccccc2C1. The summed E-state index contributed by atoms with van der Waals surface area (Å²) in [4.78, 5) is 12.8. The standard InChI is InChI=1S/C17H16N2OS/c18-16(21)14-7-3-4-8-15(14)19-17(20)13-9-11-5-1-2-6-12(11)10-13/h1-8,13H,9-10H2,(H2,18,21)(H,19,20). The molecule has 2 aromatic carbocycles. The molecular formula is C17H16N2OS. The molecule has 0 fully saturated rings. The lowest BCUT2D eigenvalue weighted by Crippen LogP contribution is -2.25. The highest BCUT2D eigenvalue weighted by Gasteiger charge is 2.27. The van der Waals surface area contributed by atoms with Crippen LogP contribution in [0.15, 0.2) is 48.5 Å². The summed E-state index contributed by atoms with van der Waals surface area (Å²) in [5.74, 6) is -0.00305. The number of thiocarbonyl (C=S) groups is 1. The van der Waals surface area contributed by atoms with Crippen molar-refractivity contribution in [3.63, 3.8) is 0 Å². The number of fused-ring (bicyclic) bond motifs is 1. The normalized spacial score (nSPS) is 13.7. The lowest BCUT2D eigenvalue weighted by atomic mass is 10.0. The monoisotopic (exact) mass is 296 g/mol. The van der Waals surface area contributed by atoms with Gasteiger partial charge in [0.15, 0.2) is 0 Å². The van der Waals surface area contributed by atoms with Gasteiger partial charge in [-0.3, -0.25) is 4.79 Å². The third kappa shape index (κ3) is 2.81. The van der Waals surface area contributed by atoms with Gasteiger partial charge in [0.05, 0.1) is 5.69 Å². The van der Waals surface area contributed by atoms with Crippen LogP contribution >= 0.6 is 12.2 Å². The van der Waals surface area contributed by atoms with Crippen molar-refractivity contribution in [1.29, 1.82) is 0 Å². The second kappa shape index (κ2) is 5.66. The average molecular weight is 296 g/mol. The second-order valence-corrected chi connectivity index (χ2v) is 5.71. The van der Waals surface area contributed by atoms with E-state index in [1.807, 2.05) is 36.4 Å². The Morgan fingerprint density at radius 3 is 2.24 bits per heavy atom. The van der Waals surface area contributed by atoms with Crippen LogP contribution in [0.5, 0.6) is 0 Å². The molecule has 21 heavy (non-hydrogen) atoms. The first kappa shape index (κ1) is 13.8. The summed E-state index contributed by atoms with van der Waals surface area (Å²) in [6, 6.07) is 15.6. The predicted octanol–water partition coefficient (Wildman–Crippen LogP) is 2.67. The molecule has 1 aliphatic rings. The number of nitrogens with two attached hydrogens (primary N) is 1. The third-order valence-electron chi connectivity index (χ3n) is 3.87. The maximum Gasteiger partial charge on any atom is 0.228 e. The highest BCUT2D eigenvalue weighted by atomic mass is 32.1. The van der Waals surface area contributed by atoms with Gasteiger partial charge in [0.25, 0.3) is 0 Å². The molecule has 0 unspecified atom stereocenters. The van der Waals surface area contributed by atoms with Crippen molar-refractivity contribution in [3.05, 3.63) is 65.2 Å². The summed E-state index contributed by atoms with van der Waals surface area (Å²) in [5.41, 5.74) is 9.61. The molecule has 3 nitrogen and oxygen atoms in total. The minimum absolute atomic E-state index is 0.0231. The number of carbonyl (C=O) groups is 1. The van der Waals surface area contributed by atoms with Crippen molar-refractivity contribution in [1.82, 2.24) is 0 Å². The molecule has 0 spiro atoms. The number of para-hydroxylation sites is 1. The van der Waals surface area contributed by atoms with E-state index in [0.29, 0.717) is 16.2 Å². The first-order chi connectivity index (χ1) is 10.1. The van der Waals surface area contributed by atoms with E-state index in [1.165, 1.54) is 11.1 Å². The zero-order chi connectivity index (χ0) is 14.8. The summed E-state index contributed by atoms with van der Waals surface area (Å²) >= 11 is 5.02. The van der Waals surface area contributed by atoms with Crippen LogP contribution in [-0.2, 0) is 17.6 Å². The fourth-order valence-electron chi connectivity index (χ4n) is 2.79. The quantitative estimate of drug-likeness (QED) is 0.856. The zero-order valence-corrected chi connectivity index (χ0v) is 12.3. The Morgan fingerprint density at radius 2 is 1.62 bits per heavy atom. The van der Waals surface area contributed by atoms with Gasteiger partial charge in [-0.05, 0) is 36.1 Å². The van der Waals surface area contributed by atoms with Gasteiger partial charge in [0.1, 0.15) is 4.99 Å². The smallest absolute Gasteiger partial charge is 0.228 e. The molecule has 0 atom stereocenters. The van der Waals surface area contributed by atoms with Crippen molar-refractivity contribution in [2.24, 2.45) is 11.7 Å². The molecule has 0 saturated carbocycles. The lowest BCUT2D eigenvalue weighted by molar-refractivity contribution is -0.119. The Kier molecular flexibility index (Phi) is 3.71. The Balaban J connectivity index is 1.76. The van der Waals surface area contributed by atoms with Crippen LogP contribution in [0.4, 0.5) is 5.69 Å². The number of benzene rings is 2. The first-order valence-corrected chi connectivity index (χ1v) is 7.32. The molecule has 1 aliphatic carbocycles. The summed E-state index contributed by atoms with van der Waals surface area (Å²) in [6.07, 6.45) is 1.58. The Morgan fingerprint density at radius 1 is 1.05 bits per heavy atom. The summed E-state index contributed by atoms with van der Waals surface area (Å²) in [6.45, 7) is 0. The topological polar surface area (TPSA) is 55.1 Å². The van der Waals surface area contributed by atoms with Crippen LogP contribution in [0, 0.1) is 5.92 Å². The van der Waals surface area contributed by atoms with Crippen molar-refractivity contribution < 1.29 is 4.79 Å². The Hall–Kier alpha value is -2.20. The van der Waals surface area contributed by atoms with E-state index in [-0.39, 0.29) is 11.8 Å². The van der Waals surface area contributed by atoms with E-state index in [0.717, 1.165) is 12.8 Å². The molecule has 106 valence electrons. The van der Waals surface area contributed by atoms with Crippen LogP contribution in [0.3, 0.4) is 0 Å². The molecule has 4 heteroatoms. The predicted molar refractivity (Wildman–Crippen MR) is 88.3 cm³/mol. The summed E-state index contributed by atoms with van der Waals surface area (Å²) < 4.78 is 0. The number of nitrogens with one attached hydrogen (secondary N) is 1. The number of carbonyl (C=O) groups excluding carboxylic acids is 1. The maximum atomic E-state index is 12.5. The molecule has 1 amide bonds. The number of rotatable bonds is 3. The molecule has 3 N–H and O–H groups in total. The van der Waals surface area contributed by atoms with E-state index in [9.17, 15) is 4.79 Å². The lowest BCUT2D eigenvalue weighted by Gasteiger charge is -2.13. The molecule has 2 aromatic rings. The molecular weight excluding hydrogens is 280 g/mol. The number of hydrogen-bond donors (Lipinski definition) is 2. The highest BCUT2D eigenvalue weighted by Crippen LogP contribution is 2.27. The van der Waals surface area contributed by atoms with Gasteiger partial charge in [-0.15, -0.1) is 0 Å². The first-order valence-electron chi connectivity index (χ1n) is 6.91. The molecule has 3 rings (SSSR count). The van der Waals surface area contributed by atoms with E-state index in [1.54, 1.807) is 0 Å². The number of amides is 1. The molecule has 0 aromatic heterocycles. The Labute approximate surface area is 129 Å². The van der Waals surface area contributed by atoms with Gasteiger partial charge < -0.3 is 11.1 Å². The Bertz CT molecular complexity index is 686. The van der Waals surface area contributed by atoms with E-state index < -0.39 is 0 Å². The highest BCUT2D eigenvalue weighted by molar-refractivity contribution is 7.80. The van der Waals surface area contributed by atoms with Crippen molar-refractivity contribution in [2.75, 3.05) is 5.32 Å². The summed E-state index contributed by atoms with van der Waals surface area (Å²) in [7, 11) is 0.